The van der Waals surface area contributed by atoms with Crippen LogP contribution in [0.3, 0.4) is 0 Å². The smallest absolute Gasteiger partial charge is 0.261 e. The predicted octanol–water partition coefficient (Wildman–Crippen LogP) is 2.43. The highest BCUT2D eigenvalue weighted by Gasteiger charge is 2.15. The fourth-order valence-electron chi connectivity index (χ4n) is 2.09. The van der Waals surface area contributed by atoms with Crippen molar-refractivity contribution in [2.24, 2.45) is 0 Å². The highest BCUT2D eigenvalue weighted by atomic mass is 32.2. The van der Waals surface area contributed by atoms with Crippen molar-refractivity contribution < 1.29 is 18.0 Å². The Bertz CT molecular complexity index is 892. The maximum atomic E-state index is 12.5. The molecule has 0 aromatic heterocycles. The van der Waals surface area contributed by atoms with E-state index in [9.17, 15) is 18.0 Å². The van der Waals surface area contributed by atoms with Crippen LogP contribution in [0, 0.1) is 0 Å². The lowest BCUT2D eigenvalue weighted by atomic mass is 10.2. The van der Waals surface area contributed by atoms with Crippen LogP contribution in [0.2, 0.25) is 0 Å². The van der Waals surface area contributed by atoms with Gasteiger partial charge in [0.05, 0.1) is 10.6 Å². The molecule has 0 unspecified atom stereocenters. The van der Waals surface area contributed by atoms with Crippen molar-refractivity contribution >= 4 is 38.9 Å². The van der Waals surface area contributed by atoms with Crippen molar-refractivity contribution in [1.29, 1.82) is 0 Å². The second-order valence-electron chi connectivity index (χ2n) is 5.44. The van der Waals surface area contributed by atoms with E-state index in [4.69, 9.17) is 0 Å². The average molecular weight is 361 g/mol. The van der Waals surface area contributed by atoms with E-state index >= 15 is 0 Å². The highest BCUT2D eigenvalue weighted by molar-refractivity contribution is 7.92. The van der Waals surface area contributed by atoms with Crippen LogP contribution < -0.4 is 14.9 Å². The van der Waals surface area contributed by atoms with Crippen molar-refractivity contribution in [3.05, 3.63) is 48.5 Å². The number of hydrogen-bond acceptors (Lipinski definition) is 4. The summed E-state index contributed by atoms with van der Waals surface area (Å²) < 4.78 is 27.4. The van der Waals surface area contributed by atoms with Crippen molar-refractivity contribution in [3.8, 4) is 0 Å². The molecule has 132 valence electrons. The molecule has 0 saturated carbocycles. The first kappa shape index (κ1) is 18.5. The van der Waals surface area contributed by atoms with E-state index < -0.39 is 10.0 Å². The van der Waals surface area contributed by atoms with Crippen LogP contribution in [0.5, 0.6) is 0 Å². The SMILES string of the molecule is CC(=O)Nc1ccc(S(=O)(=O)Nc2cccc(N(C)C(C)=O)c2)cc1. The summed E-state index contributed by atoms with van der Waals surface area (Å²) in [5.41, 5.74) is 1.43. The maximum absolute atomic E-state index is 12.5. The molecule has 0 radical (unpaired) electrons. The molecule has 0 spiro atoms. The number of anilines is 3. The summed E-state index contributed by atoms with van der Waals surface area (Å²) in [5.74, 6) is -0.395. The van der Waals surface area contributed by atoms with Crippen LogP contribution >= 0.6 is 0 Å². The first-order valence-electron chi connectivity index (χ1n) is 7.44. The highest BCUT2D eigenvalue weighted by Crippen LogP contribution is 2.22. The zero-order valence-corrected chi connectivity index (χ0v) is 14.9. The number of carbonyl (C=O) groups excluding carboxylic acids is 2. The molecule has 2 aromatic carbocycles. The molecule has 0 fully saturated rings. The summed E-state index contributed by atoms with van der Waals surface area (Å²) in [7, 11) is -2.18. The van der Waals surface area contributed by atoms with Gasteiger partial charge in [-0.1, -0.05) is 6.07 Å². The van der Waals surface area contributed by atoms with Gasteiger partial charge in [0.25, 0.3) is 10.0 Å². The first-order chi connectivity index (χ1) is 11.7. The molecule has 0 aliphatic rings. The number of nitrogens with zero attached hydrogens (tertiary/aromatic N) is 1. The Balaban J connectivity index is 2.22. The molecule has 25 heavy (non-hydrogen) atoms. The van der Waals surface area contributed by atoms with E-state index in [2.05, 4.69) is 10.0 Å². The van der Waals surface area contributed by atoms with Gasteiger partial charge in [-0.25, -0.2) is 8.42 Å². The van der Waals surface area contributed by atoms with Crippen LogP contribution in [-0.4, -0.2) is 27.3 Å². The largest absolute Gasteiger partial charge is 0.326 e. The van der Waals surface area contributed by atoms with Gasteiger partial charge >= 0.3 is 0 Å². The maximum Gasteiger partial charge on any atom is 0.261 e. The summed E-state index contributed by atoms with van der Waals surface area (Å²) in [6.45, 7) is 2.80. The molecular weight excluding hydrogens is 342 g/mol. The molecule has 0 aliphatic carbocycles. The van der Waals surface area contributed by atoms with E-state index in [0.717, 1.165) is 0 Å². The van der Waals surface area contributed by atoms with Crippen molar-refractivity contribution in [1.82, 2.24) is 0 Å². The number of rotatable bonds is 5. The summed E-state index contributed by atoms with van der Waals surface area (Å²) >= 11 is 0. The molecule has 8 heteroatoms. The van der Waals surface area contributed by atoms with Crippen LogP contribution in [0.15, 0.2) is 53.4 Å². The lowest BCUT2D eigenvalue weighted by Crippen LogP contribution is -2.23. The Kier molecular flexibility index (Phi) is 5.43. The molecule has 2 N–H and O–H groups in total. The van der Waals surface area contributed by atoms with E-state index in [1.807, 2.05) is 0 Å². The Hall–Kier alpha value is -2.87. The quantitative estimate of drug-likeness (QED) is 0.855. The molecule has 0 heterocycles. The van der Waals surface area contributed by atoms with Crippen LogP contribution in [-0.2, 0) is 19.6 Å². The van der Waals surface area contributed by atoms with E-state index in [-0.39, 0.29) is 16.7 Å². The average Bonchev–Trinajstić information content (AvgIpc) is 2.53. The van der Waals surface area contributed by atoms with Crippen molar-refractivity contribution in [2.45, 2.75) is 18.7 Å². The lowest BCUT2D eigenvalue weighted by Gasteiger charge is -2.16. The number of hydrogen-bond donors (Lipinski definition) is 2. The summed E-state index contributed by atoms with van der Waals surface area (Å²) in [6.07, 6.45) is 0. The van der Waals surface area contributed by atoms with Crippen molar-refractivity contribution in [2.75, 3.05) is 22.0 Å². The number of amides is 2. The lowest BCUT2D eigenvalue weighted by molar-refractivity contribution is -0.116. The molecule has 7 nitrogen and oxygen atoms in total. The van der Waals surface area contributed by atoms with E-state index in [1.54, 1.807) is 31.3 Å². The van der Waals surface area contributed by atoms with Gasteiger partial charge in [-0.15, -0.1) is 0 Å². The fraction of sp³-hybridized carbons (Fsp3) is 0.176. The van der Waals surface area contributed by atoms with Gasteiger partial charge in [-0.2, -0.15) is 0 Å². The van der Waals surface area contributed by atoms with Crippen LogP contribution in [0.4, 0.5) is 17.1 Å². The second-order valence-corrected chi connectivity index (χ2v) is 7.12. The Morgan fingerprint density at radius 1 is 0.960 bits per heavy atom. The third-order valence-corrected chi connectivity index (χ3v) is 4.84. The summed E-state index contributed by atoms with van der Waals surface area (Å²) in [6, 6.07) is 12.4. The third-order valence-electron chi connectivity index (χ3n) is 3.44. The zero-order valence-electron chi connectivity index (χ0n) is 14.1. The number of nitrogens with one attached hydrogen (secondary N) is 2. The Morgan fingerprint density at radius 2 is 1.60 bits per heavy atom. The van der Waals surface area contributed by atoms with Gasteiger partial charge in [-0.05, 0) is 42.5 Å². The molecule has 0 atom stereocenters. The van der Waals surface area contributed by atoms with Crippen LogP contribution in [0.1, 0.15) is 13.8 Å². The molecule has 0 bridgehead atoms. The minimum Gasteiger partial charge on any atom is -0.326 e. The zero-order chi connectivity index (χ0) is 18.6. The van der Waals surface area contributed by atoms with Gasteiger partial charge in [0.2, 0.25) is 11.8 Å². The first-order valence-corrected chi connectivity index (χ1v) is 8.92. The molecule has 2 amide bonds. The van der Waals surface area contributed by atoms with E-state index in [1.165, 1.54) is 43.0 Å². The molecule has 2 rings (SSSR count). The minimum atomic E-state index is -3.79. The van der Waals surface area contributed by atoms with Gasteiger partial charge in [-0.3, -0.25) is 14.3 Å². The predicted molar refractivity (Wildman–Crippen MR) is 97.1 cm³/mol. The Morgan fingerprint density at radius 3 is 2.16 bits per heavy atom. The molecular formula is C17H19N3O4S. The topological polar surface area (TPSA) is 95.6 Å². The van der Waals surface area contributed by atoms with Crippen LogP contribution in [0.25, 0.3) is 0 Å². The monoisotopic (exact) mass is 361 g/mol. The molecule has 2 aromatic rings. The number of carbonyl (C=O) groups is 2. The van der Waals surface area contributed by atoms with Gasteiger partial charge < -0.3 is 10.2 Å². The van der Waals surface area contributed by atoms with Gasteiger partial charge in [0.15, 0.2) is 0 Å². The fourth-order valence-corrected chi connectivity index (χ4v) is 3.14. The normalized spacial score (nSPS) is 10.8. The second kappa shape index (κ2) is 7.35. The standard InChI is InChI=1S/C17H19N3O4S/c1-12(21)18-14-7-9-17(10-8-14)25(23,24)19-15-5-4-6-16(11-15)20(3)13(2)22/h4-11,19H,1-3H3,(H,18,21). The minimum absolute atomic E-state index is 0.0620. The number of benzene rings is 2. The van der Waals surface area contributed by atoms with Gasteiger partial charge in [0, 0.05) is 32.3 Å². The summed E-state index contributed by atoms with van der Waals surface area (Å²) in [4.78, 5) is 23.9. The third kappa shape index (κ3) is 4.80. The number of sulfonamides is 1. The van der Waals surface area contributed by atoms with Gasteiger partial charge in [0.1, 0.15) is 0 Å². The molecule has 0 saturated heterocycles. The summed E-state index contributed by atoms with van der Waals surface area (Å²) in [5, 5.41) is 2.57. The Labute approximate surface area is 146 Å². The van der Waals surface area contributed by atoms with Crippen molar-refractivity contribution in [3.63, 3.8) is 0 Å². The molecule has 0 aliphatic heterocycles. The van der Waals surface area contributed by atoms with E-state index in [0.29, 0.717) is 17.1 Å².